The van der Waals surface area contributed by atoms with Gasteiger partial charge in [0.25, 0.3) is 10.1 Å². The average Bonchev–Trinajstić information content (AvgIpc) is 2.33. The largest absolute Gasteiger partial charge is 0.398 e. The molecule has 2 aromatic rings. The van der Waals surface area contributed by atoms with Crippen molar-refractivity contribution < 1.29 is 17.8 Å². The maximum absolute atomic E-state index is 11.5. The van der Waals surface area contributed by atoms with Crippen molar-refractivity contribution in [3.05, 3.63) is 35.9 Å². The summed E-state index contributed by atoms with van der Waals surface area (Å²) < 4.78 is 32.2. The lowest BCUT2D eigenvalue weighted by Crippen LogP contribution is -2.19. The van der Waals surface area contributed by atoms with Gasteiger partial charge in [-0.05, 0) is 17.0 Å². The standard InChI is InChI=1S/C13H14N2O4S/c1-8(16)15-7-9-3-2-4-11-10(9)5-6-12(14)13(11)20(17,18)19/h2-6H,7,14H2,1H3,(H,15,16)(H,17,18,19). The van der Waals surface area contributed by atoms with Gasteiger partial charge in [0.15, 0.2) is 0 Å². The zero-order valence-corrected chi connectivity index (χ0v) is 11.6. The second kappa shape index (κ2) is 5.10. The number of nitrogens with two attached hydrogens (primary N) is 1. The first-order valence-corrected chi connectivity index (χ1v) is 7.26. The highest BCUT2D eigenvalue weighted by Crippen LogP contribution is 2.30. The summed E-state index contributed by atoms with van der Waals surface area (Å²) in [5.41, 5.74) is 6.36. The third-order valence-corrected chi connectivity index (χ3v) is 3.89. The Balaban J connectivity index is 2.69. The van der Waals surface area contributed by atoms with Crippen molar-refractivity contribution in [3.8, 4) is 0 Å². The minimum atomic E-state index is -4.42. The van der Waals surface area contributed by atoms with Gasteiger partial charge >= 0.3 is 0 Å². The van der Waals surface area contributed by atoms with Crippen LogP contribution < -0.4 is 11.1 Å². The summed E-state index contributed by atoms with van der Waals surface area (Å²) in [7, 11) is -4.42. The van der Waals surface area contributed by atoms with Crippen LogP contribution in [-0.2, 0) is 21.5 Å². The summed E-state index contributed by atoms with van der Waals surface area (Å²) in [6.07, 6.45) is 0. The predicted molar refractivity (Wildman–Crippen MR) is 75.7 cm³/mol. The van der Waals surface area contributed by atoms with E-state index in [1.54, 1.807) is 24.3 Å². The van der Waals surface area contributed by atoms with Crippen LogP contribution in [-0.4, -0.2) is 18.9 Å². The number of benzene rings is 2. The molecule has 1 amide bonds. The molecule has 0 unspecified atom stereocenters. The van der Waals surface area contributed by atoms with Crippen LogP contribution >= 0.6 is 0 Å². The number of amides is 1. The smallest absolute Gasteiger partial charge is 0.297 e. The lowest BCUT2D eigenvalue weighted by atomic mass is 10.0. The Bertz CT molecular complexity index is 784. The van der Waals surface area contributed by atoms with Crippen molar-refractivity contribution in [1.29, 1.82) is 0 Å². The van der Waals surface area contributed by atoms with Gasteiger partial charge in [0, 0.05) is 18.9 Å². The molecule has 0 spiro atoms. The van der Waals surface area contributed by atoms with Crippen molar-refractivity contribution in [2.45, 2.75) is 18.4 Å². The second-order valence-corrected chi connectivity index (χ2v) is 5.74. The molecule has 0 bridgehead atoms. The summed E-state index contributed by atoms with van der Waals surface area (Å²) in [5.74, 6) is -0.188. The monoisotopic (exact) mass is 294 g/mol. The van der Waals surface area contributed by atoms with E-state index >= 15 is 0 Å². The summed E-state index contributed by atoms with van der Waals surface area (Å²) in [4.78, 5) is 10.7. The first-order valence-electron chi connectivity index (χ1n) is 5.82. The highest BCUT2D eigenvalue weighted by Gasteiger charge is 2.18. The van der Waals surface area contributed by atoms with E-state index in [0.717, 1.165) is 5.56 Å². The van der Waals surface area contributed by atoms with Gasteiger partial charge in [0.1, 0.15) is 4.90 Å². The number of anilines is 1. The fourth-order valence-corrected chi connectivity index (χ4v) is 2.90. The molecular formula is C13H14N2O4S. The number of nitrogens with one attached hydrogen (secondary N) is 1. The molecular weight excluding hydrogens is 280 g/mol. The Hall–Kier alpha value is -2.12. The topological polar surface area (TPSA) is 109 Å². The molecule has 2 aromatic carbocycles. The molecule has 0 aliphatic heterocycles. The number of hydrogen-bond donors (Lipinski definition) is 3. The van der Waals surface area contributed by atoms with E-state index in [2.05, 4.69) is 5.32 Å². The lowest BCUT2D eigenvalue weighted by molar-refractivity contribution is -0.119. The lowest BCUT2D eigenvalue weighted by Gasteiger charge is -2.11. The zero-order valence-electron chi connectivity index (χ0n) is 10.8. The molecule has 0 fully saturated rings. The van der Waals surface area contributed by atoms with E-state index in [-0.39, 0.29) is 23.0 Å². The summed E-state index contributed by atoms with van der Waals surface area (Å²) in [6.45, 7) is 1.66. The number of hydrogen-bond acceptors (Lipinski definition) is 4. The van der Waals surface area contributed by atoms with Gasteiger partial charge in [-0.1, -0.05) is 24.3 Å². The quantitative estimate of drug-likeness (QED) is 0.584. The summed E-state index contributed by atoms with van der Waals surface area (Å²) in [6, 6.07) is 8.06. The van der Waals surface area contributed by atoms with E-state index < -0.39 is 10.1 Å². The van der Waals surface area contributed by atoms with Crippen molar-refractivity contribution >= 4 is 32.5 Å². The van der Waals surface area contributed by atoms with Crippen molar-refractivity contribution in [1.82, 2.24) is 5.32 Å². The minimum Gasteiger partial charge on any atom is -0.398 e. The van der Waals surface area contributed by atoms with Crippen LogP contribution in [0, 0.1) is 0 Å². The SMILES string of the molecule is CC(=O)NCc1cccc2c(S(=O)(=O)O)c(N)ccc12. The number of rotatable bonds is 3. The molecule has 7 heteroatoms. The Morgan fingerprint density at radius 3 is 2.55 bits per heavy atom. The third kappa shape index (κ3) is 2.73. The maximum atomic E-state index is 11.5. The molecule has 0 aliphatic rings. The molecule has 106 valence electrons. The Morgan fingerprint density at radius 1 is 1.25 bits per heavy atom. The van der Waals surface area contributed by atoms with Crippen molar-refractivity contribution in [2.75, 3.05) is 5.73 Å². The van der Waals surface area contributed by atoms with E-state index in [1.807, 2.05) is 0 Å². The Morgan fingerprint density at radius 2 is 1.95 bits per heavy atom. The van der Waals surface area contributed by atoms with E-state index in [4.69, 9.17) is 5.73 Å². The molecule has 0 heterocycles. The van der Waals surface area contributed by atoms with Crippen LogP contribution in [0.5, 0.6) is 0 Å². The molecule has 2 rings (SSSR count). The molecule has 6 nitrogen and oxygen atoms in total. The van der Waals surface area contributed by atoms with Crippen LogP contribution in [0.2, 0.25) is 0 Å². The molecule has 0 radical (unpaired) electrons. The normalized spacial score (nSPS) is 11.5. The van der Waals surface area contributed by atoms with Crippen molar-refractivity contribution in [2.24, 2.45) is 0 Å². The van der Waals surface area contributed by atoms with Gasteiger partial charge in [0.05, 0.1) is 5.69 Å². The van der Waals surface area contributed by atoms with Gasteiger partial charge in [0.2, 0.25) is 5.91 Å². The first-order chi connectivity index (χ1) is 9.30. The number of carbonyl (C=O) groups is 1. The number of carbonyl (C=O) groups excluding carboxylic acids is 1. The average molecular weight is 294 g/mol. The number of nitrogen functional groups attached to an aromatic ring is 1. The molecule has 0 aliphatic carbocycles. The predicted octanol–water partition coefficient (Wildman–Crippen LogP) is 1.30. The van der Waals surface area contributed by atoms with Crippen LogP contribution in [0.25, 0.3) is 10.8 Å². The van der Waals surface area contributed by atoms with Crippen LogP contribution in [0.15, 0.2) is 35.2 Å². The van der Waals surface area contributed by atoms with Crippen LogP contribution in [0.1, 0.15) is 12.5 Å². The molecule has 0 saturated carbocycles. The van der Waals surface area contributed by atoms with E-state index in [1.165, 1.54) is 13.0 Å². The highest BCUT2D eigenvalue weighted by atomic mass is 32.2. The van der Waals surface area contributed by atoms with Gasteiger partial charge in [-0.25, -0.2) is 0 Å². The molecule has 20 heavy (non-hydrogen) atoms. The fourth-order valence-electron chi connectivity index (χ4n) is 2.07. The van der Waals surface area contributed by atoms with E-state index in [9.17, 15) is 17.8 Å². The summed E-state index contributed by atoms with van der Waals surface area (Å²) in [5, 5.41) is 3.59. The molecule has 0 atom stereocenters. The second-order valence-electron chi connectivity index (χ2n) is 4.38. The minimum absolute atomic E-state index is 0.0170. The third-order valence-electron chi connectivity index (χ3n) is 2.92. The summed E-state index contributed by atoms with van der Waals surface area (Å²) >= 11 is 0. The zero-order chi connectivity index (χ0) is 14.9. The van der Waals surface area contributed by atoms with Crippen molar-refractivity contribution in [3.63, 3.8) is 0 Å². The Kier molecular flexibility index (Phi) is 3.65. The molecule has 4 N–H and O–H groups in total. The first kappa shape index (κ1) is 14.3. The van der Waals surface area contributed by atoms with Crippen LogP contribution in [0.4, 0.5) is 5.69 Å². The highest BCUT2D eigenvalue weighted by molar-refractivity contribution is 7.86. The van der Waals surface area contributed by atoms with Crippen LogP contribution in [0.3, 0.4) is 0 Å². The van der Waals surface area contributed by atoms with E-state index in [0.29, 0.717) is 10.8 Å². The van der Waals surface area contributed by atoms with Gasteiger partial charge in [-0.15, -0.1) is 0 Å². The Labute approximate surface area is 116 Å². The molecule has 0 saturated heterocycles. The number of fused-ring (bicyclic) bond motifs is 1. The van der Waals surface area contributed by atoms with Gasteiger partial charge < -0.3 is 11.1 Å². The fraction of sp³-hybridized carbons (Fsp3) is 0.154. The van der Waals surface area contributed by atoms with Gasteiger partial charge in [-0.3, -0.25) is 9.35 Å². The maximum Gasteiger partial charge on any atom is 0.297 e. The van der Waals surface area contributed by atoms with Gasteiger partial charge in [-0.2, -0.15) is 8.42 Å². The molecule has 0 aromatic heterocycles.